The zero-order valence-electron chi connectivity index (χ0n) is 17.5. The summed E-state index contributed by atoms with van der Waals surface area (Å²) in [6, 6.07) is 1.39. The summed E-state index contributed by atoms with van der Waals surface area (Å²) in [5, 5.41) is 1.66. The lowest BCUT2D eigenvalue weighted by Gasteiger charge is -2.32. The molecule has 3 rings (SSSR count). The number of dihydropyridines is 1. The first-order valence-corrected chi connectivity index (χ1v) is 10.1. The number of carbonyl (C=O) groups excluding carboxylic acids is 2. The molecule has 1 unspecified atom stereocenters. The Bertz CT molecular complexity index is 1070. The van der Waals surface area contributed by atoms with E-state index in [1.165, 1.54) is 6.92 Å². The molecule has 1 N–H and O–H groups in total. The molecule has 1 atom stereocenters. The fraction of sp³-hybridized carbons (Fsp3) is 0.364. The van der Waals surface area contributed by atoms with Crippen LogP contribution in [0.4, 0.5) is 22.0 Å². The van der Waals surface area contributed by atoms with Crippen molar-refractivity contribution in [3.8, 4) is 0 Å². The van der Waals surface area contributed by atoms with Crippen LogP contribution in [-0.4, -0.2) is 31.8 Å². The van der Waals surface area contributed by atoms with Gasteiger partial charge in [-0.3, -0.25) is 0 Å². The Labute approximate surface area is 190 Å². The van der Waals surface area contributed by atoms with Gasteiger partial charge in [0.15, 0.2) is 0 Å². The number of hydrogen-bond donors (Lipinski definition) is 1. The molecule has 0 saturated heterocycles. The summed E-state index contributed by atoms with van der Waals surface area (Å²) < 4.78 is 80.8. The van der Waals surface area contributed by atoms with Gasteiger partial charge in [-0.15, -0.1) is 0 Å². The van der Waals surface area contributed by atoms with Crippen molar-refractivity contribution in [3.05, 3.63) is 68.8 Å². The zero-order valence-corrected chi connectivity index (χ0v) is 18.2. The van der Waals surface area contributed by atoms with Crippen LogP contribution in [0.1, 0.15) is 36.8 Å². The third-order valence-corrected chi connectivity index (χ3v) is 5.67. The fourth-order valence-electron chi connectivity index (χ4n) is 3.95. The number of esters is 2. The molecule has 2 aliphatic rings. The molecule has 1 aliphatic carbocycles. The average Bonchev–Trinajstić information content (AvgIpc) is 3.25. The molecule has 0 aromatic heterocycles. The molecule has 1 aromatic carbocycles. The van der Waals surface area contributed by atoms with Gasteiger partial charge in [0.05, 0.1) is 40.5 Å². The minimum atomic E-state index is -5.16. The lowest BCUT2D eigenvalue weighted by Crippen LogP contribution is -2.35. The Morgan fingerprint density at radius 2 is 1.79 bits per heavy atom. The molecule has 33 heavy (non-hydrogen) atoms. The summed E-state index contributed by atoms with van der Waals surface area (Å²) in [6.07, 6.45) is -1.47. The summed E-state index contributed by atoms with van der Waals surface area (Å²) in [7, 11) is 0.925. The van der Waals surface area contributed by atoms with E-state index in [1.54, 1.807) is 12.2 Å². The molecular formula is C22H19ClF5NO4. The van der Waals surface area contributed by atoms with Crippen molar-refractivity contribution in [1.29, 1.82) is 0 Å². The van der Waals surface area contributed by atoms with Gasteiger partial charge in [-0.2, -0.15) is 13.2 Å². The van der Waals surface area contributed by atoms with Crippen molar-refractivity contribution in [2.75, 3.05) is 13.8 Å². The third kappa shape index (κ3) is 4.75. The highest BCUT2D eigenvalue weighted by atomic mass is 35.5. The number of benzene rings is 1. The molecule has 0 spiro atoms. The van der Waals surface area contributed by atoms with E-state index in [-0.39, 0.29) is 5.70 Å². The van der Waals surface area contributed by atoms with E-state index < -0.39 is 75.6 Å². The second-order valence-corrected chi connectivity index (χ2v) is 7.81. The standard InChI is InChI=1S/C22H19ClF5NO4/c1-10-15(21(31)33-11-5-3-4-6-11)18(17(20(30)32-2)14(9-24)29-10)16-13(25)8-7-12(23)19(16)22(26,27)28/h3-4,7-8,11,18,29H,5-6,9H2,1-2H3. The summed E-state index contributed by atoms with van der Waals surface area (Å²) in [6.45, 7) is -0.0351. The number of hydrogen-bond acceptors (Lipinski definition) is 5. The van der Waals surface area contributed by atoms with Gasteiger partial charge in [-0.25, -0.2) is 18.4 Å². The van der Waals surface area contributed by atoms with Gasteiger partial charge < -0.3 is 14.8 Å². The maximum Gasteiger partial charge on any atom is 0.418 e. The minimum absolute atomic E-state index is 0.0937. The van der Waals surface area contributed by atoms with Gasteiger partial charge in [-0.1, -0.05) is 23.8 Å². The van der Waals surface area contributed by atoms with Gasteiger partial charge in [0, 0.05) is 24.1 Å². The van der Waals surface area contributed by atoms with Crippen molar-refractivity contribution in [3.63, 3.8) is 0 Å². The highest BCUT2D eigenvalue weighted by molar-refractivity contribution is 6.31. The Hall–Kier alpha value is -2.88. The molecule has 0 amide bonds. The molecule has 0 saturated carbocycles. The summed E-state index contributed by atoms with van der Waals surface area (Å²) in [4.78, 5) is 25.7. The Balaban J connectivity index is 2.30. The molecule has 1 heterocycles. The number of rotatable bonds is 5. The van der Waals surface area contributed by atoms with Gasteiger partial charge in [0.2, 0.25) is 0 Å². The first kappa shape index (κ1) is 24.8. The Morgan fingerprint density at radius 3 is 2.33 bits per heavy atom. The van der Waals surface area contributed by atoms with Crippen LogP contribution in [0.5, 0.6) is 0 Å². The second kappa shape index (κ2) is 9.54. The van der Waals surface area contributed by atoms with E-state index in [0.717, 1.165) is 7.11 Å². The van der Waals surface area contributed by atoms with E-state index in [0.29, 0.717) is 25.0 Å². The van der Waals surface area contributed by atoms with Crippen LogP contribution in [-0.2, 0) is 25.2 Å². The smallest absolute Gasteiger partial charge is 0.418 e. The predicted octanol–water partition coefficient (Wildman–Crippen LogP) is 5.12. The number of carbonyl (C=O) groups is 2. The van der Waals surface area contributed by atoms with Crippen LogP contribution in [0.15, 0.2) is 46.8 Å². The van der Waals surface area contributed by atoms with Crippen LogP contribution in [0.25, 0.3) is 0 Å². The van der Waals surface area contributed by atoms with Crippen LogP contribution in [0.2, 0.25) is 5.02 Å². The summed E-state index contributed by atoms with van der Waals surface area (Å²) in [5.41, 5.74) is -4.41. The van der Waals surface area contributed by atoms with Crippen LogP contribution in [0.3, 0.4) is 0 Å². The molecule has 1 aliphatic heterocycles. The first-order chi connectivity index (χ1) is 15.5. The van der Waals surface area contributed by atoms with E-state index in [9.17, 15) is 27.2 Å². The summed E-state index contributed by atoms with van der Waals surface area (Å²) >= 11 is 5.79. The molecule has 5 nitrogen and oxygen atoms in total. The molecule has 0 fully saturated rings. The van der Waals surface area contributed by atoms with Crippen molar-refractivity contribution < 1.29 is 41.0 Å². The van der Waals surface area contributed by atoms with E-state index in [2.05, 4.69) is 10.1 Å². The SMILES string of the molecule is COC(=O)C1=C(CF)NC(C)=C(C(=O)OC2CC=CC2)C1c1c(F)ccc(Cl)c1C(F)(F)F. The van der Waals surface area contributed by atoms with Crippen molar-refractivity contribution in [2.24, 2.45) is 0 Å². The molecule has 0 radical (unpaired) electrons. The number of alkyl halides is 4. The Morgan fingerprint density at radius 1 is 1.15 bits per heavy atom. The Kier molecular flexibility index (Phi) is 7.16. The number of nitrogens with one attached hydrogen (secondary N) is 1. The maximum atomic E-state index is 15.1. The number of allylic oxidation sites excluding steroid dienone is 2. The van der Waals surface area contributed by atoms with Crippen LogP contribution >= 0.6 is 11.6 Å². The van der Waals surface area contributed by atoms with Gasteiger partial charge in [-0.05, 0) is 19.1 Å². The molecular weight excluding hydrogens is 473 g/mol. The topological polar surface area (TPSA) is 64.6 Å². The van der Waals surface area contributed by atoms with Crippen molar-refractivity contribution in [1.82, 2.24) is 5.32 Å². The highest BCUT2D eigenvalue weighted by Crippen LogP contribution is 2.48. The third-order valence-electron chi connectivity index (χ3n) is 5.36. The van der Waals surface area contributed by atoms with Gasteiger partial charge in [0.1, 0.15) is 18.6 Å². The second-order valence-electron chi connectivity index (χ2n) is 7.40. The van der Waals surface area contributed by atoms with Crippen molar-refractivity contribution in [2.45, 2.75) is 38.0 Å². The van der Waals surface area contributed by atoms with Gasteiger partial charge >= 0.3 is 18.1 Å². The predicted molar refractivity (Wildman–Crippen MR) is 108 cm³/mol. The number of ether oxygens (including phenoxy) is 2. The van der Waals surface area contributed by atoms with Crippen molar-refractivity contribution >= 4 is 23.5 Å². The van der Waals surface area contributed by atoms with E-state index in [1.807, 2.05) is 0 Å². The van der Waals surface area contributed by atoms with E-state index >= 15 is 4.39 Å². The largest absolute Gasteiger partial charge is 0.466 e. The maximum absolute atomic E-state index is 15.1. The quantitative estimate of drug-likeness (QED) is 0.352. The lowest BCUT2D eigenvalue weighted by molar-refractivity contribution is -0.145. The highest BCUT2D eigenvalue weighted by Gasteiger charge is 2.46. The molecule has 1 aromatic rings. The van der Waals surface area contributed by atoms with Gasteiger partial charge in [0.25, 0.3) is 0 Å². The van der Waals surface area contributed by atoms with E-state index in [4.69, 9.17) is 16.3 Å². The normalized spacial score (nSPS) is 19.1. The molecule has 178 valence electrons. The fourth-order valence-corrected chi connectivity index (χ4v) is 4.23. The lowest BCUT2D eigenvalue weighted by atomic mass is 9.78. The minimum Gasteiger partial charge on any atom is -0.466 e. The van der Waals surface area contributed by atoms with Crippen LogP contribution < -0.4 is 5.32 Å². The zero-order chi connectivity index (χ0) is 24.5. The van der Waals surface area contributed by atoms with Crippen LogP contribution in [0, 0.1) is 5.82 Å². The number of halogens is 6. The monoisotopic (exact) mass is 491 g/mol. The molecule has 0 bridgehead atoms. The first-order valence-electron chi connectivity index (χ1n) is 9.77. The number of methoxy groups -OCH3 is 1. The molecule has 11 heteroatoms. The average molecular weight is 492 g/mol. The summed E-state index contributed by atoms with van der Waals surface area (Å²) in [5.74, 6) is -5.70.